The topological polar surface area (TPSA) is 89.0 Å². The summed E-state index contributed by atoms with van der Waals surface area (Å²) in [5.41, 5.74) is 2.06. The number of amides is 1. The lowest BCUT2D eigenvalue weighted by molar-refractivity contribution is -0.113. The van der Waals surface area contributed by atoms with Gasteiger partial charge in [0, 0.05) is 10.7 Å². The molecule has 0 atom stereocenters. The highest BCUT2D eigenvalue weighted by molar-refractivity contribution is 7.92. The number of benzene rings is 2. The third kappa shape index (κ3) is 3.40. The van der Waals surface area contributed by atoms with Crippen LogP contribution in [0, 0.1) is 6.92 Å². The molecule has 0 aliphatic carbocycles. The molecular weight excluding hydrogens is 370 g/mol. The van der Waals surface area contributed by atoms with E-state index in [0.29, 0.717) is 16.2 Å². The summed E-state index contributed by atoms with van der Waals surface area (Å²) in [5.74, 6) is -1.30. The largest absolute Gasteiger partial charge is 0.325 e. The molecule has 0 saturated carbocycles. The number of sulfone groups is 1. The van der Waals surface area contributed by atoms with Crippen LogP contribution in [0.2, 0.25) is 5.02 Å². The first-order chi connectivity index (χ1) is 11.4. The lowest BCUT2D eigenvalue weighted by Crippen LogP contribution is -2.23. The van der Waals surface area contributed by atoms with Crippen LogP contribution in [-0.2, 0) is 14.6 Å². The lowest BCUT2D eigenvalue weighted by Gasteiger charge is -2.09. The molecule has 0 saturated heterocycles. The standard InChI is InChI=1S/C15H12ClN3O3S2/c1-9-7-10(16)5-6-11(9)17-14(20)8-24(21,22)13-4-2-3-12-15(13)19-23-18-12/h2-7H,8H2,1H3,(H,17,20). The Kier molecular flexibility index (Phi) is 4.53. The molecule has 0 radical (unpaired) electrons. The van der Waals surface area contributed by atoms with Gasteiger partial charge in [-0.05, 0) is 42.8 Å². The average molecular weight is 382 g/mol. The third-order valence-corrected chi connectivity index (χ3v) is 5.79. The van der Waals surface area contributed by atoms with E-state index in [4.69, 9.17) is 11.6 Å². The fourth-order valence-corrected chi connectivity index (χ4v) is 4.37. The van der Waals surface area contributed by atoms with E-state index >= 15 is 0 Å². The fourth-order valence-electron chi connectivity index (χ4n) is 2.24. The van der Waals surface area contributed by atoms with Gasteiger partial charge in [-0.2, -0.15) is 8.75 Å². The van der Waals surface area contributed by atoms with Gasteiger partial charge < -0.3 is 5.32 Å². The van der Waals surface area contributed by atoms with Gasteiger partial charge in [-0.3, -0.25) is 4.79 Å². The second-order valence-electron chi connectivity index (χ2n) is 5.15. The van der Waals surface area contributed by atoms with E-state index in [0.717, 1.165) is 17.3 Å². The molecule has 3 aromatic rings. The van der Waals surface area contributed by atoms with Gasteiger partial charge in [0.05, 0.1) is 16.6 Å². The van der Waals surface area contributed by atoms with Crippen molar-refractivity contribution in [3.8, 4) is 0 Å². The van der Waals surface area contributed by atoms with Crippen LogP contribution in [0.25, 0.3) is 11.0 Å². The molecule has 6 nitrogen and oxygen atoms in total. The van der Waals surface area contributed by atoms with Crippen LogP contribution in [0.4, 0.5) is 5.69 Å². The van der Waals surface area contributed by atoms with Gasteiger partial charge >= 0.3 is 0 Å². The summed E-state index contributed by atoms with van der Waals surface area (Å²) < 4.78 is 33.1. The molecule has 24 heavy (non-hydrogen) atoms. The predicted octanol–water partition coefficient (Wildman–Crippen LogP) is 3.07. The van der Waals surface area contributed by atoms with Crippen molar-refractivity contribution in [3.05, 3.63) is 47.0 Å². The van der Waals surface area contributed by atoms with Crippen molar-refractivity contribution in [2.45, 2.75) is 11.8 Å². The number of hydrogen-bond donors (Lipinski definition) is 1. The number of anilines is 1. The zero-order valence-corrected chi connectivity index (χ0v) is 14.9. The monoisotopic (exact) mass is 381 g/mol. The molecule has 0 fully saturated rings. The van der Waals surface area contributed by atoms with Gasteiger partial charge in [-0.1, -0.05) is 17.7 Å². The summed E-state index contributed by atoms with van der Waals surface area (Å²) in [6.45, 7) is 1.78. The number of aromatic nitrogens is 2. The Morgan fingerprint density at radius 2 is 2.04 bits per heavy atom. The van der Waals surface area contributed by atoms with Crippen LogP contribution in [0.5, 0.6) is 0 Å². The van der Waals surface area contributed by atoms with Crippen molar-refractivity contribution in [2.75, 3.05) is 11.1 Å². The lowest BCUT2D eigenvalue weighted by atomic mass is 10.2. The minimum absolute atomic E-state index is 0.0109. The van der Waals surface area contributed by atoms with Gasteiger partial charge in [0.1, 0.15) is 16.8 Å². The van der Waals surface area contributed by atoms with Crippen LogP contribution in [-0.4, -0.2) is 28.8 Å². The van der Waals surface area contributed by atoms with Crippen molar-refractivity contribution in [1.82, 2.24) is 8.75 Å². The first-order valence-electron chi connectivity index (χ1n) is 6.87. The molecule has 0 aliphatic heterocycles. The molecule has 0 spiro atoms. The number of fused-ring (bicyclic) bond motifs is 1. The van der Waals surface area contributed by atoms with Gasteiger partial charge in [-0.25, -0.2) is 8.42 Å². The van der Waals surface area contributed by atoms with Crippen LogP contribution in [0.15, 0.2) is 41.3 Å². The number of carbonyl (C=O) groups is 1. The Hall–Kier alpha value is -2.03. The molecule has 2 aromatic carbocycles. The van der Waals surface area contributed by atoms with Gasteiger partial charge in [0.25, 0.3) is 0 Å². The Bertz CT molecular complexity index is 1030. The summed E-state index contributed by atoms with van der Waals surface area (Å²) in [4.78, 5) is 12.2. The molecular formula is C15H12ClN3O3S2. The molecule has 1 heterocycles. The Morgan fingerprint density at radius 1 is 1.25 bits per heavy atom. The highest BCUT2D eigenvalue weighted by Crippen LogP contribution is 2.23. The van der Waals surface area contributed by atoms with E-state index in [1.54, 1.807) is 37.3 Å². The molecule has 1 N–H and O–H groups in total. The summed E-state index contributed by atoms with van der Waals surface area (Å²) in [7, 11) is -3.83. The van der Waals surface area contributed by atoms with Crippen LogP contribution in [0.3, 0.4) is 0 Å². The van der Waals surface area contributed by atoms with Crippen LogP contribution >= 0.6 is 23.3 Å². The summed E-state index contributed by atoms with van der Waals surface area (Å²) in [6, 6.07) is 9.63. The van der Waals surface area contributed by atoms with E-state index in [2.05, 4.69) is 14.1 Å². The summed E-state index contributed by atoms with van der Waals surface area (Å²) in [6.07, 6.45) is 0. The fraction of sp³-hybridized carbons (Fsp3) is 0.133. The average Bonchev–Trinajstić information content (AvgIpc) is 2.97. The van der Waals surface area contributed by atoms with Crippen molar-refractivity contribution in [2.24, 2.45) is 0 Å². The molecule has 9 heteroatoms. The van der Waals surface area contributed by atoms with Gasteiger partial charge in [0.2, 0.25) is 5.91 Å². The van der Waals surface area contributed by atoms with Crippen LogP contribution < -0.4 is 5.32 Å². The number of nitrogens with zero attached hydrogens (tertiary/aromatic N) is 2. The summed E-state index contributed by atoms with van der Waals surface area (Å²) in [5, 5.41) is 3.14. The quantitative estimate of drug-likeness (QED) is 0.750. The van der Waals surface area contributed by atoms with Gasteiger partial charge in [0.15, 0.2) is 9.84 Å². The Balaban J connectivity index is 1.84. The van der Waals surface area contributed by atoms with Crippen molar-refractivity contribution in [1.29, 1.82) is 0 Å². The zero-order chi connectivity index (χ0) is 17.3. The molecule has 0 aliphatic rings. The minimum Gasteiger partial charge on any atom is -0.325 e. The normalized spacial score (nSPS) is 11.6. The number of nitrogens with one attached hydrogen (secondary N) is 1. The van der Waals surface area contributed by atoms with Crippen molar-refractivity contribution in [3.63, 3.8) is 0 Å². The van der Waals surface area contributed by atoms with Gasteiger partial charge in [-0.15, -0.1) is 0 Å². The maximum absolute atomic E-state index is 12.5. The molecule has 1 aromatic heterocycles. The molecule has 0 unspecified atom stereocenters. The molecule has 1 amide bonds. The number of carbonyl (C=O) groups excluding carboxylic acids is 1. The van der Waals surface area contributed by atoms with Crippen molar-refractivity contribution >= 4 is 55.8 Å². The molecule has 0 bridgehead atoms. The predicted molar refractivity (Wildman–Crippen MR) is 94.3 cm³/mol. The SMILES string of the molecule is Cc1cc(Cl)ccc1NC(=O)CS(=O)(=O)c1cccc2nsnc12. The Labute approximate surface area is 147 Å². The third-order valence-electron chi connectivity index (χ3n) is 3.37. The van der Waals surface area contributed by atoms with E-state index in [9.17, 15) is 13.2 Å². The number of rotatable bonds is 4. The minimum atomic E-state index is -3.83. The Morgan fingerprint density at radius 3 is 2.79 bits per heavy atom. The maximum atomic E-state index is 12.5. The molecule has 124 valence electrons. The van der Waals surface area contributed by atoms with E-state index in [1.807, 2.05) is 0 Å². The second-order valence-corrected chi connectivity index (χ2v) is 8.08. The van der Waals surface area contributed by atoms with E-state index < -0.39 is 21.5 Å². The van der Waals surface area contributed by atoms with E-state index in [-0.39, 0.29) is 10.4 Å². The second kappa shape index (κ2) is 6.46. The zero-order valence-electron chi connectivity index (χ0n) is 12.5. The highest BCUT2D eigenvalue weighted by atomic mass is 35.5. The van der Waals surface area contributed by atoms with E-state index in [1.165, 1.54) is 6.07 Å². The maximum Gasteiger partial charge on any atom is 0.239 e. The number of halogens is 1. The summed E-state index contributed by atoms with van der Waals surface area (Å²) >= 11 is 6.79. The first-order valence-corrected chi connectivity index (χ1v) is 9.63. The van der Waals surface area contributed by atoms with Crippen molar-refractivity contribution < 1.29 is 13.2 Å². The molecule has 3 rings (SSSR count). The number of hydrogen-bond acceptors (Lipinski definition) is 6. The number of aryl methyl sites for hydroxylation is 1. The highest BCUT2D eigenvalue weighted by Gasteiger charge is 2.23. The smallest absolute Gasteiger partial charge is 0.239 e. The van der Waals surface area contributed by atoms with Crippen LogP contribution in [0.1, 0.15) is 5.56 Å². The first kappa shape index (κ1) is 16.8.